The molecule has 0 aliphatic heterocycles. The van der Waals surface area contributed by atoms with Crippen LogP contribution in [0.1, 0.15) is 12.8 Å². The molecular formula is C18H32ClN5O4S. The quantitative estimate of drug-likeness (QED) is 0.341. The van der Waals surface area contributed by atoms with E-state index in [1.807, 2.05) is 28.2 Å². The average molecular weight is 450 g/mol. The van der Waals surface area contributed by atoms with E-state index in [0.29, 0.717) is 6.54 Å². The molecule has 0 bridgehead atoms. The SMILES string of the molecule is CN(C)CCCN(CCCN(C)C)CCNS(=O)(=O)c1ccc(Cl)c([N+](=O)[O-])c1. The number of hydrogen-bond acceptors (Lipinski definition) is 7. The van der Waals surface area contributed by atoms with Crippen LogP contribution in [0.25, 0.3) is 0 Å². The normalized spacial score (nSPS) is 12.3. The van der Waals surface area contributed by atoms with Crippen molar-refractivity contribution in [3.8, 4) is 0 Å². The maximum atomic E-state index is 12.5. The van der Waals surface area contributed by atoms with Gasteiger partial charge in [-0.05, 0) is 79.3 Å². The van der Waals surface area contributed by atoms with Crippen LogP contribution in [0.5, 0.6) is 0 Å². The fraction of sp³-hybridized carbons (Fsp3) is 0.667. The van der Waals surface area contributed by atoms with Gasteiger partial charge in [0, 0.05) is 19.2 Å². The first-order chi connectivity index (χ1) is 13.5. The van der Waals surface area contributed by atoms with Crippen LogP contribution in [0.3, 0.4) is 0 Å². The number of rotatable bonds is 14. The second-order valence-corrected chi connectivity index (χ2v) is 9.60. The van der Waals surface area contributed by atoms with Crippen molar-refractivity contribution < 1.29 is 13.3 Å². The zero-order valence-corrected chi connectivity index (χ0v) is 19.2. The van der Waals surface area contributed by atoms with Crippen molar-refractivity contribution in [3.05, 3.63) is 33.3 Å². The summed E-state index contributed by atoms with van der Waals surface area (Å²) in [7, 11) is 4.24. The van der Waals surface area contributed by atoms with Crippen LogP contribution in [0.2, 0.25) is 5.02 Å². The molecule has 0 saturated carbocycles. The maximum Gasteiger partial charge on any atom is 0.289 e. The number of hydrogen-bond donors (Lipinski definition) is 1. The Morgan fingerprint density at radius 1 is 1.00 bits per heavy atom. The summed E-state index contributed by atoms with van der Waals surface area (Å²) in [6.07, 6.45) is 1.98. The van der Waals surface area contributed by atoms with Crippen molar-refractivity contribution in [2.75, 3.05) is 67.5 Å². The molecule has 0 unspecified atom stereocenters. The molecule has 166 valence electrons. The Bertz CT molecular complexity index is 745. The van der Waals surface area contributed by atoms with Crippen molar-refractivity contribution in [3.63, 3.8) is 0 Å². The molecule has 1 rings (SSSR count). The van der Waals surface area contributed by atoms with Crippen LogP contribution in [0.4, 0.5) is 5.69 Å². The number of nitrogens with zero attached hydrogens (tertiary/aromatic N) is 4. The maximum absolute atomic E-state index is 12.5. The molecular weight excluding hydrogens is 418 g/mol. The third-order valence-electron chi connectivity index (χ3n) is 4.30. The van der Waals surface area contributed by atoms with E-state index in [0.717, 1.165) is 45.1 Å². The summed E-state index contributed by atoms with van der Waals surface area (Å²) in [5, 5.41) is 10.9. The number of nitro groups is 1. The van der Waals surface area contributed by atoms with Crippen LogP contribution in [0, 0.1) is 10.1 Å². The first-order valence-electron chi connectivity index (χ1n) is 9.48. The van der Waals surface area contributed by atoms with Crippen molar-refractivity contribution in [1.29, 1.82) is 0 Å². The second-order valence-electron chi connectivity index (χ2n) is 7.42. The largest absolute Gasteiger partial charge is 0.309 e. The third-order valence-corrected chi connectivity index (χ3v) is 6.08. The molecule has 0 spiro atoms. The van der Waals surface area contributed by atoms with Gasteiger partial charge < -0.3 is 14.7 Å². The fourth-order valence-corrected chi connectivity index (χ4v) is 4.00. The highest BCUT2D eigenvalue weighted by molar-refractivity contribution is 7.89. The Labute approximate surface area is 178 Å². The third kappa shape index (κ3) is 9.83. The van der Waals surface area contributed by atoms with Crippen LogP contribution in [0.15, 0.2) is 23.1 Å². The van der Waals surface area contributed by atoms with Gasteiger partial charge in [0.25, 0.3) is 5.69 Å². The highest BCUT2D eigenvalue weighted by Gasteiger charge is 2.20. The Kier molecular flexibility index (Phi) is 11.0. The lowest BCUT2D eigenvalue weighted by Crippen LogP contribution is -2.37. The molecule has 0 aliphatic carbocycles. The molecule has 0 aliphatic rings. The van der Waals surface area contributed by atoms with Gasteiger partial charge in [-0.15, -0.1) is 0 Å². The van der Waals surface area contributed by atoms with E-state index in [4.69, 9.17) is 11.6 Å². The van der Waals surface area contributed by atoms with E-state index in [1.165, 1.54) is 12.1 Å². The number of nitrogens with one attached hydrogen (secondary N) is 1. The molecule has 9 nitrogen and oxygen atoms in total. The highest BCUT2D eigenvalue weighted by atomic mass is 35.5. The zero-order chi connectivity index (χ0) is 22.0. The van der Waals surface area contributed by atoms with Crippen LogP contribution in [-0.2, 0) is 10.0 Å². The van der Waals surface area contributed by atoms with Crippen molar-refractivity contribution in [2.45, 2.75) is 17.7 Å². The topological polar surface area (TPSA) is 99.0 Å². The molecule has 0 amide bonds. The summed E-state index contributed by atoms with van der Waals surface area (Å²) in [6.45, 7) is 4.46. The summed E-state index contributed by atoms with van der Waals surface area (Å²) in [5.41, 5.74) is -0.427. The lowest BCUT2D eigenvalue weighted by atomic mass is 10.3. The molecule has 1 N–H and O–H groups in total. The Morgan fingerprint density at radius 3 is 2.03 bits per heavy atom. The first-order valence-corrected chi connectivity index (χ1v) is 11.3. The zero-order valence-electron chi connectivity index (χ0n) is 17.6. The summed E-state index contributed by atoms with van der Waals surface area (Å²) in [5.74, 6) is 0. The Morgan fingerprint density at radius 2 is 1.55 bits per heavy atom. The van der Waals surface area contributed by atoms with Gasteiger partial charge in [0.2, 0.25) is 10.0 Å². The van der Waals surface area contributed by atoms with Gasteiger partial charge in [-0.1, -0.05) is 11.6 Å². The van der Waals surface area contributed by atoms with Gasteiger partial charge in [0.15, 0.2) is 0 Å². The summed E-state index contributed by atoms with van der Waals surface area (Å²) in [6, 6.07) is 3.48. The lowest BCUT2D eigenvalue weighted by molar-refractivity contribution is -0.384. The van der Waals surface area contributed by atoms with E-state index in [-0.39, 0.29) is 16.5 Å². The monoisotopic (exact) mass is 449 g/mol. The molecule has 29 heavy (non-hydrogen) atoms. The number of benzene rings is 1. The van der Waals surface area contributed by atoms with E-state index < -0.39 is 20.6 Å². The average Bonchev–Trinajstić information content (AvgIpc) is 2.60. The minimum absolute atomic E-state index is 0.0955. The first kappa shape index (κ1) is 25.7. The Hall–Kier alpha value is -1.30. The number of nitro benzene ring substituents is 1. The number of sulfonamides is 1. The number of halogens is 1. The molecule has 1 aromatic carbocycles. The fourth-order valence-electron chi connectivity index (χ4n) is 2.78. The molecule has 0 saturated heterocycles. The molecule has 0 fully saturated rings. The van der Waals surface area contributed by atoms with Gasteiger partial charge >= 0.3 is 0 Å². The summed E-state index contributed by atoms with van der Waals surface area (Å²) < 4.78 is 27.5. The van der Waals surface area contributed by atoms with Crippen LogP contribution >= 0.6 is 11.6 Å². The highest BCUT2D eigenvalue weighted by Crippen LogP contribution is 2.26. The van der Waals surface area contributed by atoms with Gasteiger partial charge in [0.05, 0.1) is 9.82 Å². The van der Waals surface area contributed by atoms with E-state index >= 15 is 0 Å². The standard InChI is InChI=1S/C18H32ClN5O4S/c1-21(2)10-5-12-23(13-6-11-22(3)4)14-9-20-29(27,28)16-7-8-17(19)18(15-16)24(25)26/h7-8,15,20H,5-6,9-14H2,1-4H3. The predicted molar refractivity (Wildman–Crippen MR) is 116 cm³/mol. The van der Waals surface area contributed by atoms with E-state index in [1.54, 1.807) is 0 Å². The summed E-state index contributed by atoms with van der Waals surface area (Å²) >= 11 is 5.76. The van der Waals surface area contributed by atoms with Gasteiger partial charge in [-0.25, -0.2) is 13.1 Å². The van der Waals surface area contributed by atoms with Crippen molar-refractivity contribution in [2.24, 2.45) is 0 Å². The van der Waals surface area contributed by atoms with E-state index in [2.05, 4.69) is 19.4 Å². The molecule has 0 atom stereocenters. The van der Waals surface area contributed by atoms with Crippen molar-refractivity contribution in [1.82, 2.24) is 19.4 Å². The van der Waals surface area contributed by atoms with E-state index in [9.17, 15) is 18.5 Å². The summed E-state index contributed by atoms with van der Waals surface area (Å²) in [4.78, 5) is 16.6. The second kappa shape index (κ2) is 12.4. The minimum atomic E-state index is -3.85. The van der Waals surface area contributed by atoms with Crippen LogP contribution < -0.4 is 4.72 Å². The molecule has 0 aromatic heterocycles. The minimum Gasteiger partial charge on any atom is -0.309 e. The smallest absolute Gasteiger partial charge is 0.289 e. The predicted octanol–water partition coefficient (Wildman–Crippen LogP) is 1.73. The van der Waals surface area contributed by atoms with Crippen molar-refractivity contribution >= 4 is 27.3 Å². The van der Waals surface area contributed by atoms with Gasteiger partial charge in [0.1, 0.15) is 5.02 Å². The molecule has 11 heteroatoms. The molecule has 0 heterocycles. The van der Waals surface area contributed by atoms with Gasteiger partial charge in [-0.3, -0.25) is 10.1 Å². The van der Waals surface area contributed by atoms with Crippen LogP contribution in [-0.4, -0.2) is 95.5 Å². The van der Waals surface area contributed by atoms with Gasteiger partial charge in [-0.2, -0.15) is 0 Å². The lowest BCUT2D eigenvalue weighted by Gasteiger charge is -2.24. The Balaban J connectivity index is 2.68. The molecule has 1 aromatic rings. The molecule has 0 radical (unpaired) electrons.